The van der Waals surface area contributed by atoms with Crippen molar-refractivity contribution >= 4 is 21.7 Å². The summed E-state index contributed by atoms with van der Waals surface area (Å²) in [6, 6.07) is 2.58. The molecule has 1 N–H and O–H groups in total. The highest BCUT2D eigenvalue weighted by atomic mass is 79.9. The number of unbranched alkanes of at least 4 members (excludes halogenated alkanes) is 1. The lowest BCUT2D eigenvalue weighted by molar-refractivity contribution is 0.643. The molecule has 2 nitrogen and oxygen atoms in total. The number of aromatic nitrogens is 1. The molecule has 0 amide bonds. The third kappa shape index (κ3) is 4.20. The van der Waals surface area contributed by atoms with Crippen LogP contribution in [0.2, 0.25) is 0 Å². The van der Waals surface area contributed by atoms with Crippen molar-refractivity contribution in [3.05, 3.63) is 22.3 Å². The number of rotatable bonds is 5. The molecule has 1 aromatic heterocycles. The highest BCUT2D eigenvalue weighted by Crippen LogP contribution is 2.18. The number of anilines is 1. The first-order chi connectivity index (χ1) is 7.13. The maximum Gasteiger partial charge on any atom is 0.129 e. The van der Waals surface area contributed by atoms with E-state index in [-0.39, 0.29) is 0 Å². The van der Waals surface area contributed by atoms with Gasteiger partial charge in [-0.25, -0.2) is 4.98 Å². The van der Waals surface area contributed by atoms with Crippen molar-refractivity contribution in [2.75, 3.05) is 5.32 Å². The summed E-state index contributed by atoms with van der Waals surface area (Å²) in [4.78, 5) is 4.37. The molecule has 15 heavy (non-hydrogen) atoms. The molecule has 0 saturated heterocycles. The minimum atomic E-state index is 0.498. The number of halogens is 1. The van der Waals surface area contributed by atoms with Crippen LogP contribution in [0.1, 0.15) is 38.7 Å². The lowest BCUT2D eigenvalue weighted by Gasteiger charge is -2.15. The molecule has 0 aliphatic carbocycles. The van der Waals surface area contributed by atoms with Crippen LogP contribution in [-0.2, 0) is 0 Å². The maximum absolute atomic E-state index is 4.37. The van der Waals surface area contributed by atoms with E-state index in [0.717, 1.165) is 10.3 Å². The van der Waals surface area contributed by atoms with Gasteiger partial charge in [0.2, 0.25) is 0 Å². The van der Waals surface area contributed by atoms with Crippen LogP contribution < -0.4 is 5.32 Å². The normalized spacial score (nSPS) is 12.5. The molecule has 1 atom stereocenters. The third-order valence-electron chi connectivity index (χ3n) is 2.42. The first-order valence-corrected chi connectivity index (χ1v) is 6.31. The lowest BCUT2D eigenvalue weighted by atomic mass is 10.1. The molecular formula is C12H19BrN2. The van der Waals surface area contributed by atoms with E-state index < -0.39 is 0 Å². The van der Waals surface area contributed by atoms with Crippen molar-refractivity contribution in [1.82, 2.24) is 4.98 Å². The number of aryl methyl sites for hydroxylation is 1. The molecular weight excluding hydrogens is 252 g/mol. The molecule has 0 bridgehead atoms. The summed E-state index contributed by atoms with van der Waals surface area (Å²) in [5.74, 6) is 1.00. The standard InChI is InChI=1S/C12H19BrN2/c1-4-5-6-10(3)15-12-9(2)7-11(13)8-14-12/h7-8,10H,4-6H2,1-3H3,(H,14,15). The Bertz CT molecular complexity index is 312. The zero-order chi connectivity index (χ0) is 11.3. The van der Waals surface area contributed by atoms with E-state index in [1.165, 1.54) is 24.8 Å². The van der Waals surface area contributed by atoms with Crippen molar-refractivity contribution in [3.63, 3.8) is 0 Å². The number of nitrogens with zero attached hydrogens (tertiary/aromatic N) is 1. The molecule has 1 heterocycles. The van der Waals surface area contributed by atoms with Crippen LogP contribution in [0.3, 0.4) is 0 Å². The number of pyridine rings is 1. The highest BCUT2D eigenvalue weighted by Gasteiger charge is 2.05. The molecule has 0 aliphatic heterocycles. The second-order valence-corrected chi connectivity index (χ2v) is 4.92. The second-order valence-electron chi connectivity index (χ2n) is 4.01. The Morgan fingerprint density at radius 1 is 1.53 bits per heavy atom. The zero-order valence-electron chi connectivity index (χ0n) is 9.68. The van der Waals surface area contributed by atoms with E-state index in [0.29, 0.717) is 6.04 Å². The predicted molar refractivity (Wildman–Crippen MR) is 69.3 cm³/mol. The Kier molecular flexibility index (Phi) is 5.09. The fourth-order valence-corrected chi connectivity index (χ4v) is 1.95. The summed E-state index contributed by atoms with van der Waals surface area (Å²) in [5.41, 5.74) is 1.19. The van der Waals surface area contributed by atoms with Gasteiger partial charge in [0.05, 0.1) is 0 Å². The Hall–Kier alpha value is -0.570. The summed E-state index contributed by atoms with van der Waals surface area (Å²) in [7, 11) is 0. The molecule has 0 fully saturated rings. The van der Waals surface area contributed by atoms with E-state index in [4.69, 9.17) is 0 Å². The van der Waals surface area contributed by atoms with E-state index in [1.54, 1.807) is 0 Å². The van der Waals surface area contributed by atoms with E-state index in [2.05, 4.69) is 53.1 Å². The van der Waals surface area contributed by atoms with Gasteiger partial charge >= 0.3 is 0 Å². The maximum atomic E-state index is 4.37. The van der Waals surface area contributed by atoms with Gasteiger partial charge in [-0.05, 0) is 47.8 Å². The van der Waals surface area contributed by atoms with Gasteiger partial charge in [-0.1, -0.05) is 19.8 Å². The number of nitrogens with one attached hydrogen (secondary N) is 1. The third-order valence-corrected chi connectivity index (χ3v) is 2.85. The van der Waals surface area contributed by atoms with Gasteiger partial charge in [0.25, 0.3) is 0 Å². The second kappa shape index (κ2) is 6.11. The van der Waals surface area contributed by atoms with Crippen LogP contribution in [0.25, 0.3) is 0 Å². The van der Waals surface area contributed by atoms with Crippen molar-refractivity contribution in [2.45, 2.75) is 46.1 Å². The average molecular weight is 271 g/mol. The number of hydrogen-bond donors (Lipinski definition) is 1. The Balaban J connectivity index is 2.56. The molecule has 1 aromatic rings. The summed E-state index contributed by atoms with van der Waals surface area (Å²) in [6.07, 6.45) is 5.55. The van der Waals surface area contributed by atoms with Crippen molar-refractivity contribution < 1.29 is 0 Å². The topological polar surface area (TPSA) is 24.9 Å². The SMILES string of the molecule is CCCCC(C)Nc1ncc(Br)cc1C. The van der Waals surface area contributed by atoms with E-state index in [1.807, 2.05) is 6.20 Å². The summed E-state index contributed by atoms with van der Waals surface area (Å²) < 4.78 is 1.03. The summed E-state index contributed by atoms with van der Waals surface area (Å²) in [6.45, 7) is 6.50. The van der Waals surface area contributed by atoms with Crippen LogP contribution in [0.5, 0.6) is 0 Å². The highest BCUT2D eigenvalue weighted by molar-refractivity contribution is 9.10. The largest absolute Gasteiger partial charge is 0.367 e. The van der Waals surface area contributed by atoms with Crippen LogP contribution in [0.4, 0.5) is 5.82 Å². The van der Waals surface area contributed by atoms with Gasteiger partial charge in [-0.15, -0.1) is 0 Å². The first-order valence-electron chi connectivity index (χ1n) is 5.52. The molecule has 0 spiro atoms. The summed E-state index contributed by atoms with van der Waals surface area (Å²) >= 11 is 3.41. The van der Waals surface area contributed by atoms with Crippen LogP contribution in [0.15, 0.2) is 16.7 Å². The average Bonchev–Trinajstić information content (AvgIpc) is 2.19. The smallest absolute Gasteiger partial charge is 0.129 e. The molecule has 0 aliphatic rings. The van der Waals surface area contributed by atoms with Crippen molar-refractivity contribution in [3.8, 4) is 0 Å². The first kappa shape index (κ1) is 12.5. The van der Waals surface area contributed by atoms with Gasteiger partial charge < -0.3 is 5.32 Å². The Morgan fingerprint density at radius 3 is 2.87 bits per heavy atom. The molecule has 1 unspecified atom stereocenters. The van der Waals surface area contributed by atoms with Gasteiger partial charge in [0, 0.05) is 16.7 Å². The monoisotopic (exact) mass is 270 g/mol. The van der Waals surface area contributed by atoms with E-state index in [9.17, 15) is 0 Å². The van der Waals surface area contributed by atoms with Gasteiger partial charge in [-0.2, -0.15) is 0 Å². The quantitative estimate of drug-likeness (QED) is 0.870. The van der Waals surface area contributed by atoms with Gasteiger partial charge in [-0.3, -0.25) is 0 Å². The fraction of sp³-hybridized carbons (Fsp3) is 0.583. The minimum absolute atomic E-state index is 0.498. The molecule has 0 aromatic carbocycles. The van der Waals surface area contributed by atoms with Crippen molar-refractivity contribution in [1.29, 1.82) is 0 Å². The van der Waals surface area contributed by atoms with Gasteiger partial charge in [0.15, 0.2) is 0 Å². The zero-order valence-corrected chi connectivity index (χ0v) is 11.3. The fourth-order valence-electron chi connectivity index (χ4n) is 1.51. The molecule has 0 radical (unpaired) electrons. The molecule has 1 rings (SSSR count). The van der Waals surface area contributed by atoms with Crippen LogP contribution in [0, 0.1) is 6.92 Å². The van der Waals surface area contributed by atoms with Crippen molar-refractivity contribution in [2.24, 2.45) is 0 Å². The predicted octanol–water partition coefficient (Wildman–Crippen LogP) is 4.14. The van der Waals surface area contributed by atoms with Gasteiger partial charge in [0.1, 0.15) is 5.82 Å². The molecule has 84 valence electrons. The van der Waals surface area contributed by atoms with E-state index >= 15 is 0 Å². The number of hydrogen-bond acceptors (Lipinski definition) is 2. The summed E-state index contributed by atoms with van der Waals surface area (Å²) in [5, 5.41) is 3.44. The molecule has 0 saturated carbocycles. The van der Waals surface area contributed by atoms with Crippen LogP contribution in [-0.4, -0.2) is 11.0 Å². The lowest BCUT2D eigenvalue weighted by Crippen LogP contribution is -2.16. The molecule has 3 heteroatoms. The van der Waals surface area contributed by atoms with Crippen LogP contribution >= 0.6 is 15.9 Å². The minimum Gasteiger partial charge on any atom is -0.367 e. The Labute approximate surface area is 101 Å². The Morgan fingerprint density at radius 2 is 2.27 bits per heavy atom.